The number of pyridine rings is 1. The molecular formula is C14H16N4O2S. The van der Waals surface area contributed by atoms with Gasteiger partial charge in [-0.05, 0) is 26.0 Å². The van der Waals surface area contributed by atoms with Crippen LogP contribution in [-0.2, 0) is 6.54 Å². The van der Waals surface area contributed by atoms with E-state index in [1.165, 1.54) is 11.3 Å². The van der Waals surface area contributed by atoms with Gasteiger partial charge in [0.2, 0.25) is 0 Å². The van der Waals surface area contributed by atoms with Gasteiger partial charge < -0.3 is 10.6 Å². The van der Waals surface area contributed by atoms with Crippen LogP contribution in [0.2, 0.25) is 0 Å². The smallest absolute Gasteiger partial charge is 0.270 e. The molecule has 2 amide bonds. The van der Waals surface area contributed by atoms with E-state index in [1.807, 2.05) is 19.2 Å². The van der Waals surface area contributed by atoms with Gasteiger partial charge in [-0.1, -0.05) is 6.07 Å². The summed E-state index contributed by atoms with van der Waals surface area (Å²) in [6, 6.07) is 4.81. The minimum absolute atomic E-state index is 0.0154. The van der Waals surface area contributed by atoms with Crippen molar-refractivity contribution in [2.45, 2.75) is 26.4 Å². The maximum Gasteiger partial charge on any atom is 0.270 e. The zero-order valence-corrected chi connectivity index (χ0v) is 12.6. The summed E-state index contributed by atoms with van der Waals surface area (Å²) in [6.07, 6.45) is 1.68. The Bertz CT molecular complexity index is 626. The van der Waals surface area contributed by atoms with Gasteiger partial charge in [0.15, 0.2) is 0 Å². The fourth-order valence-electron chi connectivity index (χ4n) is 1.61. The molecule has 2 aromatic heterocycles. The molecule has 2 N–H and O–H groups in total. The van der Waals surface area contributed by atoms with Gasteiger partial charge >= 0.3 is 0 Å². The molecule has 0 spiro atoms. The van der Waals surface area contributed by atoms with Gasteiger partial charge in [-0.25, -0.2) is 9.97 Å². The maximum atomic E-state index is 12.0. The molecule has 2 aromatic rings. The van der Waals surface area contributed by atoms with Crippen molar-refractivity contribution in [3.8, 4) is 0 Å². The minimum atomic E-state index is -0.329. The van der Waals surface area contributed by atoms with E-state index < -0.39 is 0 Å². The number of hydrogen-bond acceptors (Lipinski definition) is 5. The van der Waals surface area contributed by atoms with Crippen LogP contribution in [0.5, 0.6) is 0 Å². The number of aromatic nitrogens is 2. The molecule has 0 saturated heterocycles. The van der Waals surface area contributed by atoms with Crippen molar-refractivity contribution in [2.24, 2.45) is 0 Å². The summed E-state index contributed by atoms with van der Waals surface area (Å²) in [5, 5.41) is 8.12. The first-order valence-corrected chi connectivity index (χ1v) is 7.38. The molecule has 7 heteroatoms. The lowest BCUT2D eigenvalue weighted by molar-refractivity contribution is 0.0936. The van der Waals surface area contributed by atoms with E-state index in [1.54, 1.807) is 24.4 Å². The van der Waals surface area contributed by atoms with Gasteiger partial charge in [0, 0.05) is 17.6 Å². The second-order valence-corrected chi connectivity index (χ2v) is 5.62. The van der Waals surface area contributed by atoms with E-state index in [4.69, 9.17) is 0 Å². The molecule has 2 heterocycles. The SMILES string of the molecule is CC(C)NC(=O)c1cccc(C(=O)NCc2nccs2)n1. The summed E-state index contributed by atoms with van der Waals surface area (Å²) in [4.78, 5) is 32.0. The van der Waals surface area contributed by atoms with E-state index >= 15 is 0 Å². The molecule has 0 fully saturated rings. The number of amides is 2. The van der Waals surface area contributed by atoms with E-state index in [9.17, 15) is 9.59 Å². The van der Waals surface area contributed by atoms with Crippen molar-refractivity contribution in [3.63, 3.8) is 0 Å². The molecule has 0 bridgehead atoms. The third-order valence-corrected chi connectivity index (χ3v) is 3.30. The Morgan fingerprint density at radius 1 is 1.24 bits per heavy atom. The molecule has 0 saturated carbocycles. The van der Waals surface area contributed by atoms with Gasteiger partial charge in [-0.3, -0.25) is 9.59 Å². The number of hydrogen-bond donors (Lipinski definition) is 2. The van der Waals surface area contributed by atoms with E-state index in [0.29, 0.717) is 6.54 Å². The summed E-state index contributed by atoms with van der Waals surface area (Å²) in [5.41, 5.74) is 0.438. The third-order valence-electron chi connectivity index (χ3n) is 2.52. The molecule has 21 heavy (non-hydrogen) atoms. The zero-order chi connectivity index (χ0) is 15.2. The molecule has 0 aliphatic rings. The molecule has 0 atom stereocenters. The molecule has 0 aliphatic carbocycles. The fraction of sp³-hybridized carbons (Fsp3) is 0.286. The monoisotopic (exact) mass is 304 g/mol. The largest absolute Gasteiger partial charge is 0.349 e. The lowest BCUT2D eigenvalue weighted by Gasteiger charge is -2.08. The van der Waals surface area contributed by atoms with Crippen molar-refractivity contribution >= 4 is 23.2 Å². The lowest BCUT2D eigenvalue weighted by atomic mass is 10.2. The highest BCUT2D eigenvalue weighted by atomic mass is 32.1. The Hall–Kier alpha value is -2.28. The molecule has 2 rings (SSSR count). The van der Waals surface area contributed by atoms with Crippen LogP contribution in [0, 0.1) is 0 Å². The number of carbonyl (C=O) groups is 2. The zero-order valence-electron chi connectivity index (χ0n) is 11.8. The summed E-state index contributed by atoms with van der Waals surface area (Å²) in [7, 11) is 0. The van der Waals surface area contributed by atoms with Gasteiger partial charge in [0.05, 0.1) is 6.54 Å². The normalized spacial score (nSPS) is 10.4. The number of rotatable bonds is 5. The van der Waals surface area contributed by atoms with Crippen LogP contribution in [0.1, 0.15) is 39.8 Å². The van der Waals surface area contributed by atoms with E-state index in [-0.39, 0.29) is 29.2 Å². The van der Waals surface area contributed by atoms with Crippen molar-refractivity contribution < 1.29 is 9.59 Å². The first-order valence-electron chi connectivity index (χ1n) is 6.50. The Kier molecular flexibility index (Phi) is 4.99. The van der Waals surface area contributed by atoms with E-state index in [2.05, 4.69) is 20.6 Å². The summed E-state index contributed by atoms with van der Waals surface area (Å²) in [5.74, 6) is -0.621. The predicted octanol–water partition coefficient (Wildman–Crippen LogP) is 1.61. The summed E-state index contributed by atoms with van der Waals surface area (Å²) in [6.45, 7) is 4.07. The Labute approximate surface area is 126 Å². The van der Waals surface area contributed by atoms with Gasteiger partial charge in [-0.2, -0.15) is 0 Å². The number of nitrogens with one attached hydrogen (secondary N) is 2. The molecule has 0 aliphatic heterocycles. The second-order valence-electron chi connectivity index (χ2n) is 4.64. The Balaban J connectivity index is 2.02. The Morgan fingerprint density at radius 3 is 2.57 bits per heavy atom. The van der Waals surface area contributed by atoms with Gasteiger partial charge in [0.1, 0.15) is 16.4 Å². The maximum absolute atomic E-state index is 12.0. The standard InChI is InChI=1S/C14H16N4O2S/c1-9(2)17-14(20)11-5-3-4-10(18-11)13(19)16-8-12-15-6-7-21-12/h3-7,9H,8H2,1-2H3,(H,16,19)(H,17,20). The fourth-order valence-corrected chi connectivity index (χ4v) is 2.17. The van der Waals surface area contributed by atoms with Crippen LogP contribution in [-0.4, -0.2) is 27.8 Å². The molecular weight excluding hydrogens is 288 g/mol. The van der Waals surface area contributed by atoms with Crippen molar-refractivity contribution in [1.29, 1.82) is 0 Å². The van der Waals surface area contributed by atoms with Crippen LogP contribution in [0.4, 0.5) is 0 Å². The van der Waals surface area contributed by atoms with Crippen LogP contribution in [0.25, 0.3) is 0 Å². The number of carbonyl (C=O) groups excluding carboxylic acids is 2. The molecule has 6 nitrogen and oxygen atoms in total. The topological polar surface area (TPSA) is 84.0 Å². The summed E-state index contributed by atoms with van der Waals surface area (Å²) >= 11 is 1.46. The van der Waals surface area contributed by atoms with Crippen molar-refractivity contribution in [1.82, 2.24) is 20.6 Å². The third kappa shape index (κ3) is 4.35. The number of thiazole rings is 1. The second kappa shape index (κ2) is 6.94. The Morgan fingerprint density at radius 2 is 1.95 bits per heavy atom. The van der Waals surface area contributed by atoms with Gasteiger partial charge in [-0.15, -0.1) is 11.3 Å². The average molecular weight is 304 g/mol. The van der Waals surface area contributed by atoms with Crippen molar-refractivity contribution in [3.05, 3.63) is 46.2 Å². The lowest BCUT2D eigenvalue weighted by Crippen LogP contribution is -2.31. The number of nitrogens with zero attached hydrogens (tertiary/aromatic N) is 2. The molecule has 0 unspecified atom stereocenters. The first-order chi connectivity index (χ1) is 10.1. The molecule has 0 aromatic carbocycles. The van der Waals surface area contributed by atoms with Crippen LogP contribution >= 0.6 is 11.3 Å². The molecule has 110 valence electrons. The van der Waals surface area contributed by atoms with E-state index in [0.717, 1.165) is 5.01 Å². The predicted molar refractivity (Wildman–Crippen MR) is 80.1 cm³/mol. The van der Waals surface area contributed by atoms with Crippen molar-refractivity contribution in [2.75, 3.05) is 0 Å². The molecule has 0 radical (unpaired) electrons. The highest BCUT2D eigenvalue weighted by molar-refractivity contribution is 7.09. The summed E-state index contributed by atoms with van der Waals surface area (Å²) < 4.78 is 0. The quantitative estimate of drug-likeness (QED) is 0.879. The van der Waals surface area contributed by atoms with Crippen LogP contribution < -0.4 is 10.6 Å². The highest BCUT2D eigenvalue weighted by Gasteiger charge is 2.13. The van der Waals surface area contributed by atoms with Gasteiger partial charge in [0.25, 0.3) is 11.8 Å². The first kappa shape index (κ1) is 15.1. The highest BCUT2D eigenvalue weighted by Crippen LogP contribution is 2.04. The van der Waals surface area contributed by atoms with Crippen LogP contribution in [0.3, 0.4) is 0 Å². The average Bonchev–Trinajstić information content (AvgIpc) is 2.97. The minimum Gasteiger partial charge on any atom is -0.349 e. The van der Waals surface area contributed by atoms with Crippen LogP contribution in [0.15, 0.2) is 29.8 Å².